The highest BCUT2D eigenvalue weighted by molar-refractivity contribution is 6.20. The number of non-ortho nitro benzene ring substituents is 1. The van der Waals surface area contributed by atoms with Gasteiger partial charge in [-0.25, -0.2) is 0 Å². The van der Waals surface area contributed by atoms with Crippen molar-refractivity contribution in [1.82, 2.24) is 5.32 Å². The first kappa shape index (κ1) is 14.4. The zero-order valence-corrected chi connectivity index (χ0v) is 10.8. The number of hydrogen-bond acceptors (Lipinski definition) is 3. The Morgan fingerprint density at radius 1 is 1.44 bits per heavy atom. The third kappa shape index (κ3) is 4.33. The van der Waals surface area contributed by atoms with Gasteiger partial charge in [-0.3, -0.25) is 14.9 Å². The molecule has 1 aromatic carbocycles. The van der Waals surface area contributed by atoms with Crippen molar-refractivity contribution < 1.29 is 9.72 Å². The van der Waals surface area contributed by atoms with Crippen LogP contribution in [0.15, 0.2) is 24.3 Å². The molecular formula is C12H15ClN2O3. The first-order valence-corrected chi connectivity index (χ1v) is 6.15. The summed E-state index contributed by atoms with van der Waals surface area (Å²) in [6, 6.07) is 5.49. The summed E-state index contributed by atoms with van der Waals surface area (Å²) in [4.78, 5) is 21.6. The van der Waals surface area contributed by atoms with E-state index in [9.17, 15) is 14.9 Å². The van der Waals surface area contributed by atoms with E-state index in [1.807, 2.05) is 6.92 Å². The average Bonchev–Trinajstić information content (AvgIpc) is 2.38. The van der Waals surface area contributed by atoms with Gasteiger partial charge in [0.15, 0.2) is 0 Å². The number of nitro groups is 1. The van der Waals surface area contributed by atoms with E-state index in [1.54, 1.807) is 0 Å². The molecular weight excluding hydrogens is 256 g/mol. The lowest BCUT2D eigenvalue weighted by Crippen LogP contribution is -2.25. The molecule has 18 heavy (non-hydrogen) atoms. The van der Waals surface area contributed by atoms with Crippen LogP contribution in [0.25, 0.3) is 0 Å². The Labute approximate surface area is 110 Å². The summed E-state index contributed by atoms with van der Waals surface area (Å²) in [6.45, 7) is 2.48. The molecule has 1 rings (SSSR count). The normalized spacial score (nSPS) is 11.9. The van der Waals surface area contributed by atoms with Gasteiger partial charge in [0.25, 0.3) is 11.6 Å². The number of halogens is 1. The molecule has 0 fully saturated rings. The molecule has 0 spiro atoms. The number of benzene rings is 1. The third-order valence-corrected chi connectivity index (χ3v) is 3.05. The van der Waals surface area contributed by atoms with Crippen molar-refractivity contribution in [2.75, 3.05) is 6.54 Å². The molecule has 0 aliphatic rings. The number of nitrogens with one attached hydrogen (secondary N) is 1. The minimum absolute atomic E-state index is 0.0293. The number of nitrogens with zero attached hydrogens (tertiary/aromatic N) is 1. The van der Waals surface area contributed by atoms with Crippen molar-refractivity contribution in [2.24, 2.45) is 0 Å². The van der Waals surface area contributed by atoms with Crippen LogP contribution in [0.4, 0.5) is 5.69 Å². The second kappa shape index (κ2) is 6.96. The van der Waals surface area contributed by atoms with Crippen molar-refractivity contribution in [3.63, 3.8) is 0 Å². The summed E-state index contributed by atoms with van der Waals surface area (Å²) in [5, 5.41) is 13.2. The molecule has 1 unspecified atom stereocenters. The molecule has 0 saturated carbocycles. The molecule has 0 bridgehead atoms. The predicted octanol–water partition coefficient (Wildman–Crippen LogP) is 2.73. The van der Waals surface area contributed by atoms with Gasteiger partial charge in [-0.15, -0.1) is 11.6 Å². The molecule has 0 radical (unpaired) electrons. The van der Waals surface area contributed by atoms with Gasteiger partial charge in [0.1, 0.15) is 0 Å². The van der Waals surface area contributed by atoms with Gasteiger partial charge in [0.2, 0.25) is 0 Å². The fourth-order valence-corrected chi connectivity index (χ4v) is 1.49. The van der Waals surface area contributed by atoms with E-state index in [2.05, 4.69) is 5.32 Å². The predicted molar refractivity (Wildman–Crippen MR) is 70.0 cm³/mol. The quantitative estimate of drug-likeness (QED) is 0.491. The maximum absolute atomic E-state index is 11.7. The SMILES string of the molecule is CCC(Cl)CCNC(=O)c1ccc([N+](=O)[O-])cc1. The molecule has 0 saturated heterocycles. The Morgan fingerprint density at radius 3 is 2.56 bits per heavy atom. The standard InChI is InChI=1S/C12H15ClN2O3/c1-2-10(13)7-8-14-12(16)9-3-5-11(6-4-9)15(17)18/h3-6,10H,2,7-8H2,1H3,(H,14,16). The van der Waals surface area contributed by atoms with Crippen molar-refractivity contribution in [2.45, 2.75) is 25.1 Å². The van der Waals surface area contributed by atoms with Crippen molar-refractivity contribution in [3.8, 4) is 0 Å². The van der Waals surface area contributed by atoms with Crippen LogP contribution in [-0.2, 0) is 0 Å². The van der Waals surface area contributed by atoms with E-state index in [-0.39, 0.29) is 17.0 Å². The lowest BCUT2D eigenvalue weighted by Gasteiger charge is -2.07. The van der Waals surface area contributed by atoms with Crippen molar-refractivity contribution >= 4 is 23.2 Å². The molecule has 1 amide bonds. The van der Waals surface area contributed by atoms with Crippen molar-refractivity contribution in [3.05, 3.63) is 39.9 Å². The Balaban J connectivity index is 2.49. The molecule has 1 N–H and O–H groups in total. The van der Waals surface area contributed by atoms with E-state index in [0.29, 0.717) is 18.5 Å². The maximum Gasteiger partial charge on any atom is 0.269 e. The highest BCUT2D eigenvalue weighted by Crippen LogP contribution is 2.12. The van der Waals surface area contributed by atoms with Gasteiger partial charge in [-0.05, 0) is 25.0 Å². The number of rotatable bonds is 6. The molecule has 5 nitrogen and oxygen atoms in total. The summed E-state index contributed by atoms with van der Waals surface area (Å²) < 4.78 is 0. The maximum atomic E-state index is 11.7. The van der Waals surface area contributed by atoms with Crippen LogP contribution < -0.4 is 5.32 Å². The number of alkyl halides is 1. The average molecular weight is 271 g/mol. The lowest BCUT2D eigenvalue weighted by atomic mass is 10.2. The summed E-state index contributed by atoms with van der Waals surface area (Å²) in [5.74, 6) is -0.245. The molecule has 0 aliphatic carbocycles. The monoisotopic (exact) mass is 270 g/mol. The van der Waals surface area contributed by atoms with Crippen LogP contribution in [0.3, 0.4) is 0 Å². The summed E-state index contributed by atoms with van der Waals surface area (Å²) in [5.41, 5.74) is 0.376. The summed E-state index contributed by atoms with van der Waals surface area (Å²) >= 11 is 5.92. The Morgan fingerprint density at radius 2 is 2.06 bits per heavy atom. The van der Waals surface area contributed by atoms with Gasteiger partial charge in [-0.2, -0.15) is 0 Å². The number of carbonyl (C=O) groups is 1. The zero-order chi connectivity index (χ0) is 13.5. The Kier molecular flexibility index (Phi) is 5.58. The third-order valence-electron chi connectivity index (χ3n) is 2.53. The van der Waals surface area contributed by atoms with E-state index >= 15 is 0 Å². The van der Waals surface area contributed by atoms with E-state index < -0.39 is 4.92 Å². The Hall–Kier alpha value is -1.62. The molecule has 1 atom stereocenters. The van der Waals surface area contributed by atoms with Gasteiger partial charge in [0.05, 0.1) is 4.92 Å². The van der Waals surface area contributed by atoms with E-state index in [0.717, 1.165) is 6.42 Å². The number of hydrogen-bond donors (Lipinski definition) is 1. The van der Waals surface area contributed by atoms with E-state index in [4.69, 9.17) is 11.6 Å². The first-order valence-electron chi connectivity index (χ1n) is 5.71. The van der Waals surface area contributed by atoms with Crippen LogP contribution in [-0.4, -0.2) is 22.8 Å². The highest BCUT2D eigenvalue weighted by Gasteiger charge is 2.09. The number of carbonyl (C=O) groups excluding carboxylic acids is 1. The van der Waals surface area contributed by atoms with Crippen LogP contribution in [0.2, 0.25) is 0 Å². The molecule has 0 aromatic heterocycles. The molecule has 0 aliphatic heterocycles. The second-order valence-corrected chi connectivity index (χ2v) is 4.47. The lowest BCUT2D eigenvalue weighted by molar-refractivity contribution is -0.384. The van der Waals surface area contributed by atoms with Crippen molar-refractivity contribution in [1.29, 1.82) is 0 Å². The van der Waals surface area contributed by atoms with E-state index in [1.165, 1.54) is 24.3 Å². The van der Waals surface area contributed by atoms with Gasteiger partial charge >= 0.3 is 0 Å². The summed E-state index contributed by atoms with van der Waals surface area (Å²) in [6.07, 6.45) is 1.56. The smallest absolute Gasteiger partial charge is 0.269 e. The molecule has 1 aromatic rings. The highest BCUT2D eigenvalue weighted by atomic mass is 35.5. The topological polar surface area (TPSA) is 72.2 Å². The zero-order valence-electron chi connectivity index (χ0n) is 10.1. The minimum Gasteiger partial charge on any atom is -0.352 e. The van der Waals surface area contributed by atoms with Crippen LogP contribution >= 0.6 is 11.6 Å². The Bertz CT molecular complexity index is 420. The van der Waals surface area contributed by atoms with Crippen LogP contribution in [0.5, 0.6) is 0 Å². The number of amides is 1. The van der Waals surface area contributed by atoms with Gasteiger partial charge in [-0.1, -0.05) is 6.92 Å². The fourth-order valence-electron chi connectivity index (χ4n) is 1.38. The largest absolute Gasteiger partial charge is 0.352 e. The molecule has 0 heterocycles. The van der Waals surface area contributed by atoms with Crippen LogP contribution in [0, 0.1) is 10.1 Å². The number of nitro benzene ring substituents is 1. The van der Waals surface area contributed by atoms with Gasteiger partial charge in [0, 0.05) is 29.6 Å². The molecule has 98 valence electrons. The first-order chi connectivity index (χ1) is 8.54. The van der Waals surface area contributed by atoms with Crippen LogP contribution in [0.1, 0.15) is 30.1 Å². The van der Waals surface area contributed by atoms with Gasteiger partial charge < -0.3 is 5.32 Å². The minimum atomic E-state index is -0.499. The fraction of sp³-hybridized carbons (Fsp3) is 0.417. The molecule has 6 heteroatoms. The summed E-state index contributed by atoms with van der Waals surface area (Å²) in [7, 11) is 0. The second-order valence-electron chi connectivity index (χ2n) is 3.85.